The molecule has 1 heterocycles. The highest BCUT2D eigenvalue weighted by atomic mass is 32.2. The van der Waals surface area contributed by atoms with E-state index in [9.17, 15) is 13.2 Å². The van der Waals surface area contributed by atoms with Crippen LogP contribution in [-0.2, 0) is 10.3 Å². The van der Waals surface area contributed by atoms with Gasteiger partial charge in [0, 0.05) is 23.3 Å². The van der Waals surface area contributed by atoms with Gasteiger partial charge in [0.1, 0.15) is 0 Å². The molecule has 0 aliphatic heterocycles. The van der Waals surface area contributed by atoms with E-state index in [1.54, 1.807) is 30.3 Å². The zero-order valence-electron chi connectivity index (χ0n) is 10.7. The van der Waals surface area contributed by atoms with E-state index in [-0.39, 0.29) is 5.92 Å². The molecule has 0 spiro atoms. The maximum Gasteiger partial charge on any atom is 0.600 e. The topological polar surface area (TPSA) is 40.1 Å². The lowest BCUT2D eigenvalue weighted by molar-refractivity contribution is -0.302. The molecule has 1 atom stereocenters. The Labute approximate surface area is 116 Å². The molecule has 6 heteroatoms. The minimum absolute atomic E-state index is 0.178. The predicted octanol–water partition coefficient (Wildman–Crippen LogP) is 3.70. The summed E-state index contributed by atoms with van der Waals surface area (Å²) in [6.07, 6.45) is 1.83. The predicted molar refractivity (Wildman–Crippen MR) is 70.4 cm³/mol. The molecular formula is C14H13F3O2S. The van der Waals surface area contributed by atoms with E-state index in [0.29, 0.717) is 9.58 Å². The van der Waals surface area contributed by atoms with E-state index in [1.165, 1.54) is 0 Å². The fraction of sp³-hybridized carbons (Fsp3) is 0.357. The highest BCUT2D eigenvalue weighted by Gasteiger charge is 2.50. The molecular weight excluding hydrogens is 289 g/mol. The number of fused-ring (bicyclic) bond motifs is 1. The Morgan fingerprint density at radius 1 is 1.30 bits per heavy atom. The van der Waals surface area contributed by atoms with Crippen LogP contribution in [0, 0.1) is 0 Å². The maximum absolute atomic E-state index is 13.0. The fourth-order valence-electron chi connectivity index (χ4n) is 2.04. The first-order chi connectivity index (χ1) is 9.30. The van der Waals surface area contributed by atoms with Crippen LogP contribution in [0.5, 0.6) is 0 Å². The Bertz CT molecular complexity index is 623. The van der Waals surface area contributed by atoms with Crippen molar-refractivity contribution in [2.24, 2.45) is 0 Å². The van der Waals surface area contributed by atoms with E-state index in [2.05, 4.69) is 0 Å². The molecule has 0 bridgehead atoms. The van der Waals surface area contributed by atoms with Crippen molar-refractivity contribution < 1.29 is 23.1 Å². The van der Waals surface area contributed by atoms with Crippen LogP contribution in [0.25, 0.3) is 10.1 Å². The summed E-state index contributed by atoms with van der Waals surface area (Å²) < 4.78 is 39.6. The van der Waals surface area contributed by atoms with Gasteiger partial charge in [-0.05, 0) is 31.9 Å². The number of hydrogen-bond donors (Lipinski definition) is 0. The molecule has 3 rings (SSSR count). The lowest BCUT2D eigenvalue weighted by Gasteiger charge is -1.98. The first-order valence-electron chi connectivity index (χ1n) is 6.10. The summed E-state index contributed by atoms with van der Waals surface area (Å²) in [5, 5.41) is 9.64. The summed E-state index contributed by atoms with van der Waals surface area (Å²) in [5.74, 6) is -0.905. The molecule has 1 aliphatic rings. The van der Waals surface area contributed by atoms with Gasteiger partial charge < -0.3 is 9.90 Å². The summed E-state index contributed by atoms with van der Waals surface area (Å²) in [4.78, 5) is 9.49. The van der Waals surface area contributed by atoms with Gasteiger partial charge in [-0.2, -0.15) is 0 Å². The highest BCUT2D eigenvalue weighted by Crippen LogP contribution is 2.57. The van der Waals surface area contributed by atoms with Gasteiger partial charge in [-0.1, -0.05) is 12.1 Å². The van der Waals surface area contributed by atoms with Gasteiger partial charge in [0.25, 0.3) is 0 Å². The Balaban J connectivity index is 0.000000328. The van der Waals surface area contributed by atoms with Gasteiger partial charge in [-0.15, -0.1) is 13.2 Å². The minimum atomic E-state index is -4.12. The Kier molecular flexibility index (Phi) is 4.04. The highest BCUT2D eigenvalue weighted by molar-refractivity contribution is 7.38. The van der Waals surface area contributed by atoms with Crippen LogP contribution >= 0.6 is 10.5 Å². The van der Waals surface area contributed by atoms with Crippen molar-refractivity contribution in [1.29, 1.82) is 0 Å². The third kappa shape index (κ3) is 3.30. The van der Waals surface area contributed by atoms with Crippen molar-refractivity contribution in [3.8, 4) is 0 Å². The van der Waals surface area contributed by atoms with Crippen molar-refractivity contribution in [3.05, 3.63) is 35.2 Å². The quantitative estimate of drug-likeness (QED) is 0.754. The number of hydrogen-bond acceptors (Lipinski definition) is 2. The molecule has 20 heavy (non-hydrogen) atoms. The maximum atomic E-state index is 13.0. The summed E-state index contributed by atoms with van der Waals surface area (Å²) in [7, 11) is -1.66. The molecule has 2 aromatic rings. The van der Waals surface area contributed by atoms with Crippen molar-refractivity contribution in [2.45, 2.75) is 31.2 Å². The molecule has 0 saturated heterocycles. The second-order valence-corrected chi connectivity index (χ2v) is 6.59. The van der Waals surface area contributed by atoms with Crippen molar-refractivity contribution in [2.75, 3.05) is 0 Å². The lowest BCUT2D eigenvalue weighted by atomic mass is 10.2. The molecule has 1 fully saturated rings. The third-order valence-corrected chi connectivity index (χ3v) is 5.08. The van der Waals surface area contributed by atoms with Gasteiger partial charge >= 0.3 is 5.51 Å². The average molecular weight is 302 g/mol. The van der Waals surface area contributed by atoms with Crippen molar-refractivity contribution in [1.82, 2.24) is 0 Å². The zero-order chi connectivity index (χ0) is 14.9. The molecule has 0 radical (unpaired) electrons. The zero-order valence-corrected chi connectivity index (χ0v) is 11.6. The second-order valence-electron chi connectivity index (χ2n) is 4.60. The number of carboxylic acid groups (broad SMARTS) is 1. The van der Waals surface area contributed by atoms with E-state index < -0.39 is 21.9 Å². The minimum Gasteiger partial charge on any atom is -0.550 e. The van der Waals surface area contributed by atoms with Crippen molar-refractivity contribution in [3.63, 3.8) is 0 Å². The van der Waals surface area contributed by atoms with Crippen LogP contribution in [0.1, 0.15) is 30.6 Å². The van der Waals surface area contributed by atoms with Gasteiger partial charge in [0.05, 0.1) is 10.5 Å². The standard InChI is InChI=1S/C12H10F3S.C2H4O2/c13-12(14,15)16-10-4-2-1-3-9(10)7-11(16)8-5-6-8;1-2(3)4/h1-4,7-8H,5-6H2;1H3,(H,3,4)/q+1;/p-1. The SMILES string of the molecule is CC(=O)[O-].FC(F)(F)[s+]1c(C2CC2)cc2ccccc21. The number of thiophene rings is 1. The smallest absolute Gasteiger partial charge is 0.550 e. The number of carbonyl (C=O) groups excluding carboxylic acids is 1. The van der Waals surface area contributed by atoms with Crippen LogP contribution in [0.3, 0.4) is 0 Å². The molecule has 1 aromatic carbocycles. The number of alkyl halides is 3. The number of halogens is 3. The number of carbonyl (C=O) groups is 1. The van der Waals surface area contributed by atoms with E-state index in [4.69, 9.17) is 9.90 Å². The van der Waals surface area contributed by atoms with Gasteiger partial charge in [0.2, 0.25) is 0 Å². The van der Waals surface area contributed by atoms with Crippen LogP contribution in [0.15, 0.2) is 30.3 Å². The van der Waals surface area contributed by atoms with Gasteiger partial charge in [-0.25, -0.2) is 0 Å². The summed E-state index contributed by atoms with van der Waals surface area (Å²) in [6, 6.07) is 8.62. The van der Waals surface area contributed by atoms with E-state index >= 15 is 0 Å². The van der Waals surface area contributed by atoms with E-state index in [0.717, 1.165) is 25.2 Å². The Morgan fingerprint density at radius 3 is 2.35 bits per heavy atom. The molecule has 0 amide bonds. The molecule has 1 saturated carbocycles. The summed E-state index contributed by atoms with van der Waals surface area (Å²) in [5.41, 5.74) is -4.12. The molecule has 1 aliphatic carbocycles. The monoisotopic (exact) mass is 302 g/mol. The average Bonchev–Trinajstić information content (AvgIpc) is 3.06. The molecule has 2 nitrogen and oxygen atoms in total. The summed E-state index contributed by atoms with van der Waals surface area (Å²) in [6.45, 7) is 0.972. The lowest BCUT2D eigenvalue weighted by Crippen LogP contribution is -2.16. The van der Waals surface area contributed by atoms with Gasteiger partial charge in [-0.3, -0.25) is 0 Å². The van der Waals surface area contributed by atoms with Crippen LogP contribution < -0.4 is 5.11 Å². The molecule has 0 N–H and O–H groups in total. The fourth-order valence-corrected chi connectivity index (χ4v) is 4.20. The first kappa shape index (κ1) is 14.8. The Morgan fingerprint density at radius 2 is 1.85 bits per heavy atom. The number of carboxylic acids is 1. The number of benzene rings is 1. The first-order valence-corrected chi connectivity index (χ1v) is 7.32. The Hall–Kier alpha value is -1.56. The van der Waals surface area contributed by atoms with Crippen LogP contribution in [0.4, 0.5) is 13.2 Å². The normalized spacial score (nSPS) is 15.7. The summed E-state index contributed by atoms with van der Waals surface area (Å²) >= 11 is 0. The van der Waals surface area contributed by atoms with Crippen LogP contribution in [-0.4, -0.2) is 5.97 Å². The van der Waals surface area contributed by atoms with Gasteiger partial charge in [0.15, 0.2) is 9.58 Å². The van der Waals surface area contributed by atoms with Crippen LogP contribution in [0.2, 0.25) is 0 Å². The third-order valence-electron chi connectivity index (χ3n) is 2.88. The van der Waals surface area contributed by atoms with E-state index in [1.807, 2.05) is 0 Å². The van der Waals surface area contributed by atoms with Crippen molar-refractivity contribution >= 4 is 26.5 Å². The largest absolute Gasteiger partial charge is 0.600 e. The molecule has 1 aromatic heterocycles. The number of aliphatic carboxylic acids is 1. The second kappa shape index (κ2) is 5.44. The molecule has 108 valence electrons. The molecule has 1 unspecified atom stereocenters. The number of rotatable bonds is 1.